The maximum absolute atomic E-state index is 13.8. The average molecular weight is 398 g/mol. The van der Waals surface area contributed by atoms with Gasteiger partial charge in [0.2, 0.25) is 0 Å². The van der Waals surface area contributed by atoms with Gasteiger partial charge in [-0.3, -0.25) is 0 Å². The summed E-state index contributed by atoms with van der Waals surface area (Å²) in [7, 11) is 3.66. The van der Waals surface area contributed by atoms with Gasteiger partial charge in [0.25, 0.3) is 0 Å². The van der Waals surface area contributed by atoms with E-state index in [4.69, 9.17) is 11.6 Å². The number of hydrogen-bond donors (Lipinski definition) is 0. The average Bonchev–Trinajstić information content (AvgIpc) is 2.83. The lowest BCUT2D eigenvalue weighted by molar-refractivity contribution is 0.0601. The Morgan fingerprint density at radius 2 is 2.30 bits per heavy atom. The van der Waals surface area contributed by atoms with Gasteiger partial charge in [0.05, 0.1) is 18.4 Å². The van der Waals surface area contributed by atoms with Crippen molar-refractivity contribution in [3.8, 4) is 0 Å². The molecule has 9 heteroatoms. The third-order valence-corrected chi connectivity index (χ3v) is 5.59. The van der Waals surface area contributed by atoms with E-state index in [0.717, 1.165) is 6.07 Å². The van der Waals surface area contributed by atoms with E-state index in [1.807, 2.05) is 0 Å². The summed E-state index contributed by atoms with van der Waals surface area (Å²) in [5.74, 6) is -1.19. The van der Waals surface area contributed by atoms with E-state index >= 15 is 0 Å². The molecule has 1 aromatic heterocycles. The van der Waals surface area contributed by atoms with Crippen LogP contribution in [0, 0.1) is 12.7 Å². The lowest BCUT2D eigenvalue weighted by Crippen LogP contribution is -2.05. The molecule has 0 spiro atoms. The molecule has 106 valence electrons. The van der Waals surface area contributed by atoms with E-state index in [9.17, 15) is 9.18 Å². The zero-order chi connectivity index (χ0) is 14.9. The molecule has 0 bridgehead atoms. The van der Waals surface area contributed by atoms with Crippen LogP contribution in [0.1, 0.15) is 15.9 Å². The fourth-order valence-electron chi connectivity index (χ4n) is 1.41. The maximum atomic E-state index is 13.8. The zero-order valence-corrected chi connectivity index (χ0v) is 14.2. The van der Waals surface area contributed by atoms with Crippen molar-refractivity contribution < 1.29 is 13.9 Å². The Balaban J connectivity index is 2.77. The van der Waals surface area contributed by atoms with Gasteiger partial charge in [-0.1, -0.05) is 11.6 Å². The van der Waals surface area contributed by atoms with Crippen LogP contribution in [-0.2, 0) is 4.74 Å². The predicted molar refractivity (Wildman–Crippen MR) is 80.4 cm³/mol. The second kappa shape index (κ2) is 6.30. The summed E-state index contributed by atoms with van der Waals surface area (Å²) in [5, 5.41) is 0.240. The van der Waals surface area contributed by atoms with Crippen molar-refractivity contribution in [3.63, 3.8) is 0 Å². The zero-order valence-electron chi connectivity index (χ0n) is 10.2. The number of nitrogens with zero attached hydrogens (tertiary/aromatic N) is 2. The predicted octanol–water partition coefficient (Wildman–Crippen LogP) is 4.09. The monoisotopic (exact) mass is 396 g/mol. The Labute approximate surface area is 134 Å². The van der Waals surface area contributed by atoms with Crippen molar-refractivity contribution in [1.82, 2.24) is 4.37 Å². The third kappa shape index (κ3) is 2.93. The van der Waals surface area contributed by atoms with Gasteiger partial charge in [0, 0.05) is 20.6 Å². The van der Waals surface area contributed by atoms with Crippen LogP contribution in [0.15, 0.2) is 15.5 Å². The normalized spacial score (nSPS) is 11.8. The molecule has 0 saturated carbocycles. The Kier molecular flexibility index (Phi) is 4.90. The van der Waals surface area contributed by atoms with Gasteiger partial charge in [-0.2, -0.15) is 4.37 Å². The summed E-state index contributed by atoms with van der Waals surface area (Å²) in [6.07, 6.45) is 0. The standard InChI is InChI=1S/C11H7BrClFN2O2S2/c1-4-6(14)3-5(11(17)18-2)8(7(4)12)15-10-9(13)16-20-19-10/h3H,1-2H3. The fourth-order valence-corrected chi connectivity index (χ4v) is 3.87. The van der Waals surface area contributed by atoms with Crippen LogP contribution in [0.2, 0.25) is 5.15 Å². The summed E-state index contributed by atoms with van der Waals surface area (Å²) in [4.78, 5) is 16.0. The molecule has 0 amide bonds. The van der Waals surface area contributed by atoms with Crippen molar-refractivity contribution in [1.29, 1.82) is 0 Å². The Morgan fingerprint density at radius 1 is 1.60 bits per heavy atom. The number of esters is 1. The van der Waals surface area contributed by atoms with Gasteiger partial charge in [0.1, 0.15) is 5.82 Å². The lowest BCUT2D eigenvalue weighted by Gasteiger charge is -2.09. The van der Waals surface area contributed by atoms with Gasteiger partial charge in [-0.25, -0.2) is 14.2 Å². The molecule has 0 fully saturated rings. The van der Waals surface area contributed by atoms with Gasteiger partial charge < -0.3 is 4.74 Å². The second-order valence-corrected chi connectivity index (χ2v) is 6.63. The highest BCUT2D eigenvalue weighted by Crippen LogP contribution is 2.34. The largest absolute Gasteiger partial charge is 0.465 e. The first kappa shape index (κ1) is 15.6. The Morgan fingerprint density at radius 3 is 2.85 bits per heavy atom. The molecule has 0 aliphatic carbocycles. The summed E-state index contributed by atoms with van der Waals surface area (Å²) in [6, 6.07) is 1.10. The van der Waals surface area contributed by atoms with E-state index < -0.39 is 11.8 Å². The third-order valence-electron chi connectivity index (χ3n) is 2.45. The number of benzene rings is 1. The molecule has 2 rings (SSSR count). The highest BCUT2D eigenvalue weighted by molar-refractivity contribution is 9.10. The lowest BCUT2D eigenvalue weighted by atomic mass is 10.1. The minimum atomic E-state index is -0.673. The number of hydrogen-bond acceptors (Lipinski definition) is 6. The van der Waals surface area contributed by atoms with Crippen molar-refractivity contribution in [2.75, 3.05) is 7.11 Å². The van der Waals surface area contributed by atoms with Crippen LogP contribution in [0.3, 0.4) is 0 Å². The van der Waals surface area contributed by atoms with Crippen LogP contribution in [0.25, 0.3) is 0 Å². The van der Waals surface area contributed by atoms with Crippen LogP contribution < -0.4 is 4.67 Å². The summed E-state index contributed by atoms with van der Waals surface area (Å²) >= 11 is 9.14. The number of methoxy groups -OCH3 is 1. The van der Waals surface area contributed by atoms with Gasteiger partial charge in [-0.05, 0) is 39.3 Å². The number of aromatic nitrogens is 1. The number of carbonyl (C=O) groups is 1. The van der Waals surface area contributed by atoms with Crippen molar-refractivity contribution in [2.45, 2.75) is 6.92 Å². The molecule has 1 aromatic carbocycles. The molecular formula is C11H7BrClFN2O2S2. The van der Waals surface area contributed by atoms with E-state index in [1.54, 1.807) is 6.92 Å². The molecule has 0 radical (unpaired) electrons. The first-order chi connectivity index (χ1) is 9.45. The smallest absolute Gasteiger partial charge is 0.340 e. The Hall–Kier alpha value is -0.830. The molecular weight excluding hydrogens is 391 g/mol. The summed E-state index contributed by atoms with van der Waals surface area (Å²) < 4.78 is 23.1. The topological polar surface area (TPSA) is 51.5 Å². The number of carbonyl (C=O) groups excluding carboxylic acids is 1. The van der Waals surface area contributed by atoms with Crippen molar-refractivity contribution >= 4 is 60.1 Å². The molecule has 0 unspecified atom stereocenters. The SMILES string of the molecule is COC(=O)c1cc(F)c(C)c(Br)c1N=c1ssnc1Cl. The van der Waals surface area contributed by atoms with Crippen LogP contribution >= 0.6 is 48.4 Å². The van der Waals surface area contributed by atoms with Crippen LogP contribution in [-0.4, -0.2) is 17.5 Å². The highest BCUT2D eigenvalue weighted by Gasteiger charge is 2.19. The molecule has 0 atom stereocenters. The molecule has 2 aromatic rings. The van der Waals surface area contributed by atoms with Crippen LogP contribution in [0.5, 0.6) is 0 Å². The molecule has 20 heavy (non-hydrogen) atoms. The molecule has 0 saturated heterocycles. The molecule has 0 N–H and O–H groups in total. The highest BCUT2D eigenvalue weighted by atomic mass is 79.9. The van der Waals surface area contributed by atoms with Gasteiger partial charge in [-0.15, -0.1) is 0 Å². The van der Waals surface area contributed by atoms with E-state index in [0.29, 0.717) is 14.7 Å². The number of rotatable bonds is 2. The molecule has 0 aliphatic rings. The molecule has 4 nitrogen and oxygen atoms in total. The maximum Gasteiger partial charge on any atom is 0.340 e. The molecule has 0 aliphatic heterocycles. The fraction of sp³-hybridized carbons (Fsp3) is 0.182. The van der Waals surface area contributed by atoms with E-state index in [2.05, 4.69) is 30.0 Å². The van der Waals surface area contributed by atoms with Gasteiger partial charge in [0.15, 0.2) is 9.82 Å². The van der Waals surface area contributed by atoms with Crippen molar-refractivity contribution in [3.05, 3.63) is 37.3 Å². The Bertz CT molecular complexity index is 745. The van der Waals surface area contributed by atoms with E-state index in [1.165, 1.54) is 28.0 Å². The number of ether oxygens (including phenoxy) is 1. The minimum Gasteiger partial charge on any atom is -0.465 e. The van der Waals surface area contributed by atoms with Gasteiger partial charge >= 0.3 is 5.97 Å². The van der Waals surface area contributed by atoms with E-state index in [-0.39, 0.29) is 16.4 Å². The minimum absolute atomic E-state index is 0.0249. The number of halogens is 3. The summed E-state index contributed by atoms with van der Waals surface area (Å²) in [6.45, 7) is 1.58. The quantitative estimate of drug-likeness (QED) is 0.566. The summed E-state index contributed by atoms with van der Waals surface area (Å²) in [5.41, 5.74) is 0.645. The van der Waals surface area contributed by atoms with Crippen molar-refractivity contribution in [2.24, 2.45) is 4.99 Å². The van der Waals surface area contributed by atoms with Crippen LogP contribution in [0.4, 0.5) is 10.1 Å². The first-order valence-electron chi connectivity index (χ1n) is 5.18. The second-order valence-electron chi connectivity index (χ2n) is 3.64. The first-order valence-corrected chi connectivity index (χ1v) is 8.46. The molecule has 1 heterocycles.